The van der Waals surface area contributed by atoms with Crippen molar-refractivity contribution in [2.24, 2.45) is 11.8 Å². The first-order chi connectivity index (χ1) is 11.9. The highest BCUT2D eigenvalue weighted by Crippen LogP contribution is 2.35. The van der Waals surface area contributed by atoms with E-state index in [4.69, 9.17) is 10.5 Å². The maximum Gasteiger partial charge on any atom is 0.353 e. The van der Waals surface area contributed by atoms with Crippen LogP contribution in [0.2, 0.25) is 0 Å². The Labute approximate surface area is 147 Å². The summed E-state index contributed by atoms with van der Waals surface area (Å²) in [5.41, 5.74) is 5.69. The molecule has 0 saturated carbocycles. The lowest BCUT2D eigenvalue weighted by Gasteiger charge is -2.35. The van der Waals surface area contributed by atoms with Crippen LogP contribution in [-0.2, 0) is 4.74 Å². The van der Waals surface area contributed by atoms with Gasteiger partial charge in [0.2, 0.25) is 17.6 Å². The van der Waals surface area contributed by atoms with Gasteiger partial charge in [-0.1, -0.05) is 13.8 Å². The fourth-order valence-electron chi connectivity index (χ4n) is 3.78. The molecule has 3 rings (SSSR count). The molecule has 9 heteroatoms. The number of nitrogens with zero attached hydrogens (tertiary/aromatic N) is 4. The number of anilines is 3. The Kier molecular flexibility index (Phi) is 5.22. The number of hydrogen-bond donors (Lipinski definition) is 2. The highest BCUT2D eigenvalue weighted by atomic mass is 16.6. The van der Waals surface area contributed by atoms with Crippen molar-refractivity contribution < 1.29 is 9.66 Å². The molecule has 2 aliphatic heterocycles. The van der Waals surface area contributed by atoms with Gasteiger partial charge in [-0.3, -0.25) is 10.1 Å². The lowest BCUT2D eigenvalue weighted by atomic mass is 9.92. The van der Waals surface area contributed by atoms with Crippen LogP contribution in [0.1, 0.15) is 33.1 Å². The maximum atomic E-state index is 11.5. The third-order valence-corrected chi connectivity index (χ3v) is 4.76. The van der Waals surface area contributed by atoms with Crippen molar-refractivity contribution >= 4 is 23.3 Å². The first kappa shape index (κ1) is 17.7. The number of nitrogens with one attached hydrogen (secondary N) is 1. The predicted octanol–water partition coefficient (Wildman–Crippen LogP) is 2.04. The monoisotopic (exact) mass is 350 g/mol. The Balaban J connectivity index is 1.86. The standard InChI is InChI=1S/C16H26N6O3/c1-10-6-11(2)9-21(8-10)15-13(22(23)24)14(17)19-16(20-15)18-7-12-4-3-5-25-12/h10-12H,3-9H2,1-2H3,(H3,17,18,19,20)/t10-,11-,12-/m0/s1. The number of nitrogens with two attached hydrogens (primary N) is 1. The van der Waals surface area contributed by atoms with Gasteiger partial charge >= 0.3 is 5.69 Å². The van der Waals surface area contributed by atoms with E-state index in [0.29, 0.717) is 30.1 Å². The number of ether oxygens (including phenoxy) is 1. The van der Waals surface area contributed by atoms with E-state index in [9.17, 15) is 10.1 Å². The topological polar surface area (TPSA) is 119 Å². The molecular weight excluding hydrogens is 324 g/mol. The van der Waals surface area contributed by atoms with Crippen molar-refractivity contribution in [3.8, 4) is 0 Å². The van der Waals surface area contributed by atoms with Crippen molar-refractivity contribution in [2.45, 2.75) is 39.2 Å². The average Bonchev–Trinajstić information content (AvgIpc) is 3.04. The third kappa shape index (κ3) is 4.09. The zero-order chi connectivity index (χ0) is 18.0. The average molecular weight is 350 g/mol. The van der Waals surface area contributed by atoms with E-state index in [1.54, 1.807) is 0 Å². The molecule has 2 saturated heterocycles. The molecule has 3 heterocycles. The summed E-state index contributed by atoms with van der Waals surface area (Å²) in [6.45, 7) is 7.10. The van der Waals surface area contributed by atoms with E-state index in [2.05, 4.69) is 29.1 Å². The van der Waals surface area contributed by atoms with Crippen LogP contribution in [0, 0.1) is 22.0 Å². The van der Waals surface area contributed by atoms with Gasteiger partial charge in [-0.15, -0.1) is 0 Å². The van der Waals surface area contributed by atoms with Crippen molar-refractivity contribution in [3.63, 3.8) is 0 Å². The number of hydrogen-bond acceptors (Lipinski definition) is 8. The predicted molar refractivity (Wildman–Crippen MR) is 95.7 cm³/mol. The first-order valence-corrected chi connectivity index (χ1v) is 8.86. The largest absolute Gasteiger partial charge is 0.378 e. The molecule has 1 aromatic rings. The van der Waals surface area contributed by atoms with E-state index in [0.717, 1.165) is 39.0 Å². The van der Waals surface area contributed by atoms with Crippen LogP contribution in [-0.4, -0.2) is 47.2 Å². The summed E-state index contributed by atoms with van der Waals surface area (Å²) >= 11 is 0. The molecule has 0 amide bonds. The van der Waals surface area contributed by atoms with Crippen LogP contribution < -0.4 is 16.0 Å². The molecule has 0 unspecified atom stereocenters. The molecule has 25 heavy (non-hydrogen) atoms. The van der Waals surface area contributed by atoms with Gasteiger partial charge in [0.1, 0.15) is 0 Å². The molecule has 3 N–H and O–H groups in total. The molecule has 0 aromatic carbocycles. The van der Waals surface area contributed by atoms with Gasteiger partial charge in [-0.2, -0.15) is 9.97 Å². The molecular formula is C16H26N6O3. The van der Waals surface area contributed by atoms with Gasteiger partial charge in [0, 0.05) is 26.2 Å². The second kappa shape index (κ2) is 7.38. The van der Waals surface area contributed by atoms with Crippen LogP contribution in [0.15, 0.2) is 0 Å². The van der Waals surface area contributed by atoms with Gasteiger partial charge in [0.25, 0.3) is 0 Å². The normalized spacial score (nSPS) is 26.6. The van der Waals surface area contributed by atoms with Crippen molar-refractivity contribution in [1.82, 2.24) is 9.97 Å². The summed E-state index contributed by atoms with van der Waals surface area (Å²) in [6, 6.07) is 0. The van der Waals surface area contributed by atoms with E-state index in [1.807, 2.05) is 4.90 Å². The zero-order valence-corrected chi connectivity index (χ0v) is 14.8. The number of nitrogen functional groups attached to an aromatic ring is 1. The third-order valence-electron chi connectivity index (χ3n) is 4.76. The quantitative estimate of drug-likeness (QED) is 0.611. The molecule has 0 radical (unpaired) electrons. The fraction of sp³-hybridized carbons (Fsp3) is 0.750. The Morgan fingerprint density at radius 3 is 2.68 bits per heavy atom. The Hall–Kier alpha value is -2.16. The van der Waals surface area contributed by atoms with Gasteiger partial charge < -0.3 is 20.7 Å². The molecule has 2 fully saturated rings. The summed E-state index contributed by atoms with van der Waals surface area (Å²) in [5.74, 6) is 1.42. The maximum absolute atomic E-state index is 11.5. The van der Waals surface area contributed by atoms with Crippen LogP contribution >= 0.6 is 0 Å². The summed E-state index contributed by atoms with van der Waals surface area (Å²) in [5, 5.41) is 14.6. The second-order valence-electron chi connectivity index (χ2n) is 7.23. The Morgan fingerprint density at radius 2 is 2.08 bits per heavy atom. The van der Waals surface area contributed by atoms with Crippen LogP contribution in [0.4, 0.5) is 23.3 Å². The SMILES string of the molecule is C[C@H]1C[C@H](C)CN(c2nc(NC[C@@H]3CCCO3)nc(N)c2[N+](=O)[O-])C1. The molecule has 138 valence electrons. The fourth-order valence-corrected chi connectivity index (χ4v) is 3.78. The van der Waals surface area contributed by atoms with Crippen molar-refractivity contribution in [2.75, 3.05) is 42.2 Å². The van der Waals surface area contributed by atoms with E-state index in [1.165, 1.54) is 0 Å². The van der Waals surface area contributed by atoms with E-state index >= 15 is 0 Å². The molecule has 3 atom stereocenters. The Morgan fingerprint density at radius 1 is 1.36 bits per heavy atom. The van der Waals surface area contributed by atoms with Crippen LogP contribution in [0.3, 0.4) is 0 Å². The van der Waals surface area contributed by atoms with Crippen LogP contribution in [0.25, 0.3) is 0 Å². The second-order valence-corrected chi connectivity index (χ2v) is 7.23. The Bertz CT molecular complexity index is 625. The summed E-state index contributed by atoms with van der Waals surface area (Å²) in [4.78, 5) is 21.5. The minimum atomic E-state index is -0.488. The molecule has 0 aliphatic carbocycles. The highest BCUT2D eigenvalue weighted by Gasteiger charge is 2.31. The number of piperidine rings is 1. The van der Waals surface area contributed by atoms with Crippen molar-refractivity contribution in [1.29, 1.82) is 0 Å². The molecule has 2 aliphatic rings. The zero-order valence-electron chi connectivity index (χ0n) is 14.8. The van der Waals surface area contributed by atoms with E-state index < -0.39 is 4.92 Å². The highest BCUT2D eigenvalue weighted by molar-refractivity contribution is 5.71. The molecule has 0 bridgehead atoms. The number of aromatic nitrogens is 2. The van der Waals surface area contributed by atoms with Gasteiger partial charge in [0.15, 0.2) is 0 Å². The smallest absolute Gasteiger partial charge is 0.353 e. The van der Waals surface area contributed by atoms with E-state index in [-0.39, 0.29) is 17.6 Å². The van der Waals surface area contributed by atoms with Gasteiger partial charge in [-0.25, -0.2) is 0 Å². The lowest BCUT2D eigenvalue weighted by molar-refractivity contribution is -0.383. The lowest BCUT2D eigenvalue weighted by Crippen LogP contribution is -2.39. The van der Waals surface area contributed by atoms with Crippen LogP contribution in [0.5, 0.6) is 0 Å². The van der Waals surface area contributed by atoms with Gasteiger partial charge in [0.05, 0.1) is 11.0 Å². The summed E-state index contributed by atoms with van der Waals surface area (Å²) in [7, 11) is 0. The summed E-state index contributed by atoms with van der Waals surface area (Å²) < 4.78 is 5.57. The molecule has 1 aromatic heterocycles. The first-order valence-electron chi connectivity index (χ1n) is 8.86. The van der Waals surface area contributed by atoms with Gasteiger partial charge in [-0.05, 0) is 31.1 Å². The summed E-state index contributed by atoms with van der Waals surface area (Å²) in [6.07, 6.45) is 3.27. The number of rotatable bonds is 5. The molecule has 9 nitrogen and oxygen atoms in total. The number of nitro groups is 1. The molecule has 0 spiro atoms. The minimum absolute atomic E-state index is 0.101. The minimum Gasteiger partial charge on any atom is -0.378 e. The van der Waals surface area contributed by atoms with Crippen molar-refractivity contribution in [3.05, 3.63) is 10.1 Å².